The molecule has 6 heteroatoms. The predicted octanol–water partition coefficient (Wildman–Crippen LogP) is 3.46. The van der Waals surface area contributed by atoms with Crippen LogP contribution in [0.1, 0.15) is 45.1 Å². The summed E-state index contributed by atoms with van der Waals surface area (Å²) < 4.78 is 7.75. The highest BCUT2D eigenvalue weighted by Gasteiger charge is 2.23. The first-order valence-electron chi connectivity index (χ1n) is 8.94. The number of hydrogen-bond donors (Lipinski definition) is 1. The summed E-state index contributed by atoms with van der Waals surface area (Å²) in [5.74, 6) is 0.812. The molecule has 0 aliphatic heterocycles. The van der Waals surface area contributed by atoms with Crippen molar-refractivity contribution in [2.45, 2.75) is 52.2 Å². The smallest absolute Gasteiger partial charge is 0.252 e. The highest BCUT2D eigenvalue weighted by molar-refractivity contribution is 5.92. The Balaban J connectivity index is 1.69. The lowest BCUT2D eigenvalue weighted by Crippen LogP contribution is -2.30. The molecule has 25 heavy (non-hydrogen) atoms. The van der Waals surface area contributed by atoms with E-state index in [1.165, 1.54) is 19.3 Å². The number of rotatable bonds is 5. The first kappa shape index (κ1) is 17.4. The van der Waals surface area contributed by atoms with Gasteiger partial charge in [-0.1, -0.05) is 19.8 Å². The van der Waals surface area contributed by atoms with Crippen molar-refractivity contribution in [3.05, 3.63) is 23.8 Å². The Morgan fingerprint density at radius 3 is 2.96 bits per heavy atom. The minimum absolute atomic E-state index is 0.0470. The highest BCUT2D eigenvalue weighted by Crippen LogP contribution is 2.26. The van der Waals surface area contributed by atoms with Crippen LogP contribution in [0.15, 0.2) is 18.2 Å². The molecule has 1 saturated carbocycles. The normalized spacial score (nSPS) is 20.4. The van der Waals surface area contributed by atoms with E-state index in [0.29, 0.717) is 29.5 Å². The largest absolute Gasteiger partial charge is 0.368 e. The van der Waals surface area contributed by atoms with Crippen LogP contribution in [0.4, 0.5) is 5.95 Å². The standard InChI is InChI=1S/C19H24N4O2/c1-3-23-16-9-8-14(11-20)10-15(16)21-19(23)22-18(24)12-25-17-7-5-4-6-13(17)2/h8-10,13,17H,3-7,12H2,1-2H3,(H,21,22,24). The Morgan fingerprint density at radius 1 is 1.44 bits per heavy atom. The van der Waals surface area contributed by atoms with Gasteiger partial charge in [0.1, 0.15) is 6.61 Å². The number of carbonyl (C=O) groups excluding carboxylic acids is 1. The van der Waals surface area contributed by atoms with Crippen molar-refractivity contribution in [2.75, 3.05) is 11.9 Å². The van der Waals surface area contributed by atoms with Crippen LogP contribution in [0.5, 0.6) is 0 Å². The van der Waals surface area contributed by atoms with Crippen LogP contribution in [0.2, 0.25) is 0 Å². The SMILES string of the molecule is CCn1c(NC(=O)COC2CCCCC2C)nc2cc(C#N)ccc21. The second kappa shape index (κ2) is 7.66. The fraction of sp³-hybridized carbons (Fsp3) is 0.526. The van der Waals surface area contributed by atoms with Gasteiger partial charge in [-0.05, 0) is 43.9 Å². The third-order valence-corrected chi connectivity index (χ3v) is 4.91. The molecule has 0 spiro atoms. The molecule has 1 aromatic heterocycles. The number of carbonyl (C=O) groups is 1. The molecule has 1 heterocycles. The minimum atomic E-state index is -0.191. The molecule has 2 unspecified atom stereocenters. The number of ether oxygens (including phenoxy) is 1. The quantitative estimate of drug-likeness (QED) is 0.904. The van der Waals surface area contributed by atoms with Gasteiger partial charge in [-0.25, -0.2) is 4.98 Å². The van der Waals surface area contributed by atoms with Crippen LogP contribution >= 0.6 is 0 Å². The summed E-state index contributed by atoms with van der Waals surface area (Å²) in [6.45, 7) is 4.91. The number of nitrogens with one attached hydrogen (secondary N) is 1. The molecular formula is C19H24N4O2. The van der Waals surface area contributed by atoms with Gasteiger partial charge in [-0.2, -0.15) is 5.26 Å². The Labute approximate surface area is 147 Å². The average molecular weight is 340 g/mol. The number of benzene rings is 1. The number of anilines is 1. The molecule has 0 radical (unpaired) electrons. The number of aromatic nitrogens is 2. The Kier molecular flexibility index (Phi) is 5.34. The van der Waals surface area contributed by atoms with Gasteiger partial charge in [0.2, 0.25) is 5.95 Å². The zero-order valence-electron chi connectivity index (χ0n) is 14.8. The van der Waals surface area contributed by atoms with Crippen LogP contribution in [0, 0.1) is 17.2 Å². The van der Waals surface area contributed by atoms with E-state index in [9.17, 15) is 4.79 Å². The third-order valence-electron chi connectivity index (χ3n) is 4.91. The van der Waals surface area contributed by atoms with Gasteiger partial charge in [-0.3, -0.25) is 10.1 Å². The maximum absolute atomic E-state index is 12.3. The van der Waals surface area contributed by atoms with Gasteiger partial charge < -0.3 is 9.30 Å². The molecule has 3 rings (SSSR count). The summed E-state index contributed by atoms with van der Waals surface area (Å²) in [5, 5.41) is 11.9. The molecule has 1 aromatic carbocycles. The van der Waals surface area contributed by atoms with Crippen LogP contribution in [-0.4, -0.2) is 28.2 Å². The van der Waals surface area contributed by atoms with E-state index in [-0.39, 0.29) is 18.6 Å². The van der Waals surface area contributed by atoms with Crippen molar-refractivity contribution in [1.82, 2.24) is 9.55 Å². The van der Waals surface area contributed by atoms with Gasteiger partial charge in [0.25, 0.3) is 5.91 Å². The summed E-state index contributed by atoms with van der Waals surface area (Å²) >= 11 is 0. The fourth-order valence-corrected chi connectivity index (χ4v) is 3.49. The van der Waals surface area contributed by atoms with Crippen LogP contribution in [0.3, 0.4) is 0 Å². The minimum Gasteiger partial charge on any atom is -0.368 e. The summed E-state index contributed by atoms with van der Waals surface area (Å²) in [5.41, 5.74) is 2.16. The number of nitrogens with zero attached hydrogens (tertiary/aromatic N) is 3. The van der Waals surface area contributed by atoms with Crippen LogP contribution in [0.25, 0.3) is 11.0 Å². The fourth-order valence-electron chi connectivity index (χ4n) is 3.49. The molecule has 0 bridgehead atoms. The lowest BCUT2D eigenvalue weighted by Gasteiger charge is -2.28. The van der Waals surface area contributed by atoms with Gasteiger partial charge in [0.05, 0.1) is 28.8 Å². The summed E-state index contributed by atoms with van der Waals surface area (Å²) in [6, 6.07) is 7.46. The second-order valence-corrected chi connectivity index (χ2v) is 6.65. The topological polar surface area (TPSA) is 79.9 Å². The maximum atomic E-state index is 12.3. The van der Waals surface area contributed by atoms with E-state index in [4.69, 9.17) is 10.00 Å². The lowest BCUT2D eigenvalue weighted by molar-refractivity contribution is -0.124. The molecule has 0 saturated heterocycles. The van der Waals surface area contributed by atoms with Gasteiger partial charge in [-0.15, -0.1) is 0 Å². The van der Waals surface area contributed by atoms with E-state index in [2.05, 4.69) is 23.3 Å². The number of nitriles is 1. The molecule has 2 aromatic rings. The first-order chi connectivity index (χ1) is 12.1. The summed E-state index contributed by atoms with van der Waals surface area (Å²) in [6.07, 6.45) is 4.78. The maximum Gasteiger partial charge on any atom is 0.252 e. The van der Waals surface area contributed by atoms with Gasteiger partial charge in [0, 0.05) is 6.54 Å². The third kappa shape index (κ3) is 3.83. The highest BCUT2D eigenvalue weighted by atomic mass is 16.5. The zero-order valence-corrected chi connectivity index (χ0v) is 14.8. The van der Waals surface area contributed by atoms with Gasteiger partial charge >= 0.3 is 0 Å². The van der Waals surface area contributed by atoms with E-state index in [1.54, 1.807) is 12.1 Å². The zero-order chi connectivity index (χ0) is 17.8. The summed E-state index contributed by atoms with van der Waals surface area (Å²) in [7, 11) is 0. The van der Waals surface area contributed by atoms with Crippen LogP contribution in [-0.2, 0) is 16.1 Å². The van der Waals surface area contributed by atoms with Crippen molar-refractivity contribution in [1.29, 1.82) is 5.26 Å². The van der Waals surface area contributed by atoms with E-state index < -0.39 is 0 Å². The molecule has 132 valence electrons. The average Bonchev–Trinajstić information content (AvgIpc) is 2.96. The van der Waals surface area contributed by atoms with Crippen molar-refractivity contribution < 1.29 is 9.53 Å². The first-order valence-corrected chi connectivity index (χ1v) is 8.94. The Morgan fingerprint density at radius 2 is 2.24 bits per heavy atom. The van der Waals surface area contributed by atoms with Crippen LogP contribution < -0.4 is 5.32 Å². The number of fused-ring (bicyclic) bond motifs is 1. The van der Waals surface area contributed by atoms with Crippen molar-refractivity contribution in [3.63, 3.8) is 0 Å². The van der Waals surface area contributed by atoms with E-state index in [1.807, 2.05) is 17.6 Å². The number of aryl methyl sites for hydroxylation is 1. The number of hydrogen-bond acceptors (Lipinski definition) is 4. The molecule has 1 amide bonds. The molecule has 2 atom stereocenters. The molecular weight excluding hydrogens is 316 g/mol. The number of amides is 1. The van der Waals surface area contributed by atoms with Crippen molar-refractivity contribution in [3.8, 4) is 6.07 Å². The molecule has 1 aliphatic carbocycles. The van der Waals surface area contributed by atoms with Gasteiger partial charge in [0.15, 0.2) is 0 Å². The Bertz CT molecular complexity index is 806. The predicted molar refractivity (Wildman–Crippen MR) is 96.1 cm³/mol. The molecule has 1 fully saturated rings. The van der Waals surface area contributed by atoms with Crippen molar-refractivity contribution in [2.24, 2.45) is 5.92 Å². The van der Waals surface area contributed by atoms with Crippen molar-refractivity contribution >= 4 is 22.9 Å². The molecule has 1 N–H and O–H groups in total. The van der Waals surface area contributed by atoms with E-state index in [0.717, 1.165) is 11.9 Å². The molecule has 6 nitrogen and oxygen atoms in total. The summed E-state index contributed by atoms with van der Waals surface area (Å²) in [4.78, 5) is 16.8. The van der Waals surface area contributed by atoms with E-state index >= 15 is 0 Å². The monoisotopic (exact) mass is 340 g/mol. The Hall–Kier alpha value is -2.39. The number of imidazole rings is 1. The second-order valence-electron chi connectivity index (χ2n) is 6.65. The lowest BCUT2D eigenvalue weighted by atomic mass is 9.88. The molecule has 1 aliphatic rings.